The van der Waals surface area contributed by atoms with Crippen LogP contribution in [0, 0.1) is 17.6 Å². The summed E-state index contributed by atoms with van der Waals surface area (Å²) in [6, 6.07) is 10.3. The first-order valence-electron chi connectivity index (χ1n) is 19.9. The zero-order valence-corrected chi connectivity index (χ0v) is 35.0. The summed E-state index contributed by atoms with van der Waals surface area (Å²) in [6.45, 7) is -0.982. The highest BCUT2D eigenvalue weighted by Crippen LogP contribution is 2.68. The summed E-state index contributed by atoms with van der Waals surface area (Å²) in [5, 5.41) is 10.9. The minimum Gasteiger partial charge on any atom is -0.344 e. The van der Waals surface area contributed by atoms with Crippen LogP contribution in [0.5, 0.6) is 0 Å². The fourth-order valence-electron chi connectivity index (χ4n) is 8.81. The largest absolute Gasteiger partial charge is 0.344 e. The molecule has 0 bridgehead atoms. The normalized spacial score (nSPS) is 18.1. The van der Waals surface area contributed by atoms with Gasteiger partial charge < -0.3 is 5.32 Å². The number of aromatic nitrogens is 8. The van der Waals surface area contributed by atoms with Crippen molar-refractivity contribution in [3.05, 3.63) is 122 Å². The Morgan fingerprint density at radius 2 is 1.77 bits per heavy atom. The maximum atomic E-state index is 15.6. The van der Waals surface area contributed by atoms with E-state index < -0.39 is 87.7 Å². The van der Waals surface area contributed by atoms with Crippen molar-refractivity contribution in [3.8, 4) is 16.9 Å². The van der Waals surface area contributed by atoms with E-state index in [1.165, 1.54) is 29.9 Å². The van der Waals surface area contributed by atoms with E-state index in [4.69, 9.17) is 21.6 Å². The lowest BCUT2D eigenvalue weighted by Gasteiger charge is -2.24. The van der Waals surface area contributed by atoms with Crippen molar-refractivity contribution in [2.75, 3.05) is 11.0 Å². The molecule has 3 aromatic carbocycles. The van der Waals surface area contributed by atoms with Gasteiger partial charge in [0.1, 0.15) is 41.2 Å². The third kappa shape index (κ3) is 7.23. The molecule has 22 heteroatoms. The SMILES string of the molecule is Cn1nc(NS(C)(=O)=O)c2c(Cl)ccc(-n3c([C@H](Cc4cc(F)cc(F)c4)NC(=O)Cn4nc(C(F)F)c5c4C(F)(F)[C@@H]4C[C@H]54)nc4cc(-c5ccnc(C6CC6)n5)ccc4c3=O)c21. The standard InChI is InChI=1S/C42H33ClF6N10O4S/c1-57-35-30(8-7-26(43)33(35)39(55-57)56-64(2,62)63)59-40(53-28-14-20(5-6-23(28)41(59)61)27-9-10-50-38(52-27)19-3-4-19)29(13-18-11-21(44)15-22(45)12-18)51-31(60)17-58-36-32(34(54-58)37(46)47)24-16-25(24)42(36,48)49/h5-12,14-15,19,24-25,29,37H,3-4,13,16-17H2,1-2H3,(H,51,60)(H,55,56)/t24-,25+,29-/m0/s1. The number of carbonyl (C=O) groups excluding carboxylic acids is 1. The third-order valence-corrected chi connectivity index (χ3v) is 12.6. The maximum absolute atomic E-state index is 15.6. The molecule has 3 atom stereocenters. The van der Waals surface area contributed by atoms with Gasteiger partial charge in [0.05, 0.1) is 50.5 Å². The molecule has 2 N–H and O–H groups in total. The quantitative estimate of drug-likeness (QED) is 0.119. The van der Waals surface area contributed by atoms with Crippen molar-refractivity contribution in [1.29, 1.82) is 0 Å². The lowest BCUT2D eigenvalue weighted by molar-refractivity contribution is -0.123. The minimum atomic E-state index is -3.91. The fourth-order valence-corrected chi connectivity index (χ4v) is 9.55. The van der Waals surface area contributed by atoms with E-state index in [0.29, 0.717) is 27.8 Å². The van der Waals surface area contributed by atoms with Crippen molar-refractivity contribution in [2.24, 2.45) is 13.0 Å². The number of anilines is 1. The van der Waals surface area contributed by atoms with E-state index in [2.05, 4.69) is 25.2 Å². The van der Waals surface area contributed by atoms with E-state index in [0.717, 1.165) is 35.8 Å². The Bertz CT molecular complexity index is 3280. The molecule has 4 heterocycles. The summed E-state index contributed by atoms with van der Waals surface area (Å²) in [7, 11) is -2.45. The number of amides is 1. The van der Waals surface area contributed by atoms with Gasteiger partial charge in [-0.1, -0.05) is 17.7 Å². The van der Waals surface area contributed by atoms with Crippen molar-refractivity contribution in [3.63, 3.8) is 0 Å². The smallest absolute Gasteiger partial charge is 0.293 e. The van der Waals surface area contributed by atoms with Crippen LogP contribution in [0.4, 0.5) is 32.2 Å². The third-order valence-electron chi connectivity index (χ3n) is 11.7. The lowest BCUT2D eigenvalue weighted by Crippen LogP contribution is -2.38. The number of hydrogen-bond acceptors (Lipinski definition) is 9. The number of rotatable bonds is 12. The second-order valence-electron chi connectivity index (χ2n) is 16.3. The summed E-state index contributed by atoms with van der Waals surface area (Å²) in [6.07, 6.45) is 0.729. The molecule has 2 saturated carbocycles. The number of nitrogens with zero attached hydrogens (tertiary/aromatic N) is 8. The molecule has 7 aromatic rings. The molecule has 0 aliphatic heterocycles. The summed E-state index contributed by atoms with van der Waals surface area (Å²) >= 11 is 6.65. The van der Waals surface area contributed by atoms with Crippen LogP contribution in [-0.2, 0) is 40.8 Å². The van der Waals surface area contributed by atoms with E-state index >= 15 is 13.6 Å². The molecule has 0 spiro atoms. The van der Waals surface area contributed by atoms with Gasteiger partial charge in [-0.2, -0.15) is 19.0 Å². The summed E-state index contributed by atoms with van der Waals surface area (Å²) in [5.41, 5.74) is -1.39. The van der Waals surface area contributed by atoms with Gasteiger partial charge >= 0.3 is 0 Å². The molecule has 330 valence electrons. The number of aryl methyl sites for hydroxylation is 1. The minimum absolute atomic E-state index is 0.00387. The summed E-state index contributed by atoms with van der Waals surface area (Å²) < 4.78 is 119. The van der Waals surface area contributed by atoms with Crippen LogP contribution in [-0.4, -0.2) is 59.7 Å². The topological polar surface area (TPSA) is 172 Å². The van der Waals surface area contributed by atoms with Crippen molar-refractivity contribution >= 4 is 55.2 Å². The number of nitrogens with one attached hydrogen (secondary N) is 2. The van der Waals surface area contributed by atoms with E-state index in [-0.39, 0.29) is 67.6 Å². The predicted octanol–water partition coefficient (Wildman–Crippen LogP) is 7.35. The number of benzene rings is 3. The molecule has 0 radical (unpaired) electrons. The van der Waals surface area contributed by atoms with Crippen LogP contribution in [0.1, 0.15) is 77.7 Å². The number of halogens is 7. The number of fused-ring (bicyclic) bond motifs is 5. The maximum Gasteiger partial charge on any atom is 0.293 e. The zero-order chi connectivity index (χ0) is 45.1. The van der Waals surface area contributed by atoms with Crippen LogP contribution in [0.25, 0.3) is 38.8 Å². The number of hydrogen-bond donors (Lipinski definition) is 2. The monoisotopic (exact) mass is 922 g/mol. The van der Waals surface area contributed by atoms with Gasteiger partial charge in [-0.25, -0.2) is 40.9 Å². The second kappa shape index (κ2) is 14.9. The molecule has 3 aliphatic carbocycles. The first-order valence-corrected chi connectivity index (χ1v) is 22.2. The van der Waals surface area contributed by atoms with Crippen LogP contribution < -0.4 is 15.6 Å². The van der Waals surface area contributed by atoms with E-state index in [9.17, 15) is 30.8 Å². The Morgan fingerprint density at radius 3 is 2.47 bits per heavy atom. The first-order chi connectivity index (χ1) is 30.4. The van der Waals surface area contributed by atoms with Gasteiger partial charge in [-0.15, -0.1) is 0 Å². The Balaban J connectivity index is 1.17. The molecule has 4 aromatic heterocycles. The summed E-state index contributed by atoms with van der Waals surface area (Å²) in [5.74, 6) is -8.15. The van der Waals surface area contributed by atoms with Gasteiger partial charge in [0.25, 0.3) is 17.9 Å². The molecule has 64 heavy (non-hydrogen) atoms. The fraction of sp³-hybridized carbons (Fsp3) is 0.310. The first kappa shape index (κ1) is 41.6. The molecule has 3 aliphatic rings. The average Bonchev–Trinajstić information content (AvgIpc) is 4.14. The Kier molecular flexibility index (Phi) is 9.67. The molecule has 0 unspecified atom stereocenters. The van der Waals surface area contributed by atoms with E-state index in [1.807, 2.05) is 0 Å². The number of carbonyl (C=O) groups is 1. The van der Waals surface area contributed by atoms with Crippen molar-refractivity contribution in [2.45, 2.75) is 62.5 Å². The Morgan fingerprint density at radius 1 is 1.02 bits per heavy atom. The van der Waals surface area contributed by atoms with Crippen molar-refractivity contribution < 1.29 is 39.6 Å². The van der Waals surface area contributed by atoms with Gasteiger partial charge in [0, 0.05) is 48.7 Å². The molecule has 1 amide bonds. The summed E-state index contributed by atoms with van der Waals surface area (Å²) in [4.78, 5) is 43.3. The van der Waals surface area contributed by atoms with Crippen molar-refractivity contribution in [1.82, 2.24) is 44.4 Å². The molecule has 0 saturated heterocycles. The van der Waals surface area contributed by atoms with Gasteiger partial charge in [0.2, 0.25) is 15.9 Å². The highest BCUT2D eigenvalue weighted by atomic mass is 35.5. The Labute approximate surface area is 363 Å². The Hall–Kier alpha value is -6.35. The van der Waals surface area contributed by atoms with Crippen LogP contribution in [0.15, 0.2) is 65.6 Å². The van der Waals surface area contributed by atoms with Crippen LogP contribution >= 0.6 is 11.6 Å². The zero-order valence-electron chi connectivity index (χ0n) is 33.5. The van der Waals surface area contributed by atoms with Crippen LogP contribution in [0.3, 0.4) is 0 Å². The van der Waals surface area contributed by atoms with Gasteiger partial charge in [0.15, 0.2) is 5.82 Å². The molecular weight excluding hydrogens is 890 g/mol. The van der Waals surface area contributed by atoms with E-state index in [1.54, 1.807) is 24.4 Å². The highest BCUT2D eigenvalue weighted by Gasteiger charge is 2.67. The molecular formula is C42H33ClF6N10O4S. The average molecular weight is 923 g/mol. The lowest BCUT2D eigenvalue weighted by atomic mass is 10.0. The predicted molar refractivity (Wildman–Crippen MR) is 221 cm³/mol. The van der Waals surface area contributed by atoms with Gasteiger partial charge in [-0.3, -0.25) is 28.2 Å². The molecule has 14 nitrogen and oxygen atoms in total. The molecule has 2 fully saturated rings. The van der Waals surface area contributed by atoms with Gasteiger partial charge in [-0.05, 0) is 73.2 Å². The number of alkyl halides is 4. The number of sulfonamides is 1. The molecule has 10 rings (SSSR count). The van der Waals surface area contributed by atoms with Crippen LogP contribution in [0.2, 0.25) is 5.02 Å². The second-order valence-corrected chi connectivity index (χ2v) is 18.5. The highest BCUT2D eigenvalue weighted by molar-refractivity contribution is 7.92.